The summed E-state index contributed by atoms with van der Waals surface area (Å²) in [6, 6.07) is 7.77. The minimum Gasteiger partial charge on any atom is -0.435 e. The minimum atomic E-state index is -2.77. The van der Waals surface area contributed by atoms with Gasteiger partial charge in [0.1, 0.15) is 5.75 Å². The molecule has 1 fully saturated rings. The first-order valence-electron chi connectivity index (χ1n) is 7.50. The van der Waals surface area contributed by atoms with Crippen molar-refractivity contribution in [3.63, 3.8) is 0 Å². The highest BCUT2D eigenvalue weighted by atomic mass is 19.3. The molecule has 5 heteroatoms. The van der Waals surface area contributed by atoms with Crippen LogP contribution in [0.1, 0.15) is 27.2 Å². The molecule has 0 radical (unpaired) electrons. The van der Waals surface area contributed by atoms with E-state index < -0.39 is 6.61 Å². The largest absolute Gasteiger partial charge is 0.435 e. The fourth-order valence-electron chi connectivity index (χ4n) is 2.84. The zero-order valence-corrected chi connectivity index (χ0v) is 12.9. The molecule has 1 aromatic carbocycles. The SMILES string of the molecule is CC(C)CC1CN(c2ccc(OC(F)F)cc2)C(C)CN1. The first kappa shape index (κ1) is 16.0. The van der Waals surface area contributed by atoms with Crippen LogP contribution in [0.15, 0.2) is 24.3 Å². The third kappa shape index (κ3) is 4.56. The first-order valence-corrected chi connectivity index (χ1v) is 7.50. The number of hydrogen-bond acceptors (Lipinski definition) is 3. The zero-order valence-electron chi connectivity index (χ0n) is 12.9. The Hall–Kier alpha value is -1.36. The van der Waals surface area contributed by atoms with Gasteiger partial charge in [-0.25, -0.2) is 0 Å². The molecule has 1 aliphatic heterocycles. The van der Waals surface area contributed by atoms with Gasteiger partial charge in [-0.1, -0.05) is 13.8 Å². The molecule has 118 valence electrons. The number of nitrogens with zero attached hydrogens (tertiary/aromatic N) is 1. The summed E-state index contributed by atoms with van der Waals surface area (Å²) >= 11 is 0. The van der Waals surface area contributed by atoms with Crippen LogP contribution in [0.25, 0.3) is 0 Å². The number of nitrogens with one attached hydrogen (secondary N) is 1. The fourth-order valence-corrected chi connectivity index (χ4v) is 2.84. The number of alkyl halides is 2. The van der Waals surface area contributed by atoms with E-state index in [1.165, 1.54) is 0 Å². The molecule has 1 heterocycles. The number of hydrogen-bond donors (Lipinski definition) is 1. The molecule has 2 atom stereocenters. The molecule has 21 heavy (non-hydrogen) atoms. The third-order valence-corrected chi connectivity index (χ3v) is 3.80. The van der Waals surface area contributed by atoms with Gasteiger partial charge in [-0.05, 0) is 43.5 Å². The van der Waals surface area contributed by atoms with Crippen molar-refractivity contribution in [1.82, 2.24) is 5.32 Å². The van der Waals surface area contributed by atoms with E-state index in [9.17, 15) is 8.78 Å². The van der Waals surface area contributed by atoms with Crippen molar-refractivity contribution in [2.24, 2.45) is 5.92 Å². The Bertz CT molecular complexity index is 436. The zero-order chi connectivity index (χ0) is 15.4. The van der Waals surface area contributed by atoms with Gasteiger partial charge in [-0.3, -0.25) is 0 Å². The summed E-state index contributed by atoms with van der Waals surface area (Å²) < 4.78 is 28.7. The lowest BCUT2D eigenvalue weighted by molar-refractivity contribution is -0.0498. The Kier molecular flexibility index (Phi) is 5.39. The van der Waals surface area contributed by atoms with Gasteiger partial charge < -0.3 is 15.0 Å². The van der Waals surface area contributed by atoms with Crippen molar-refractivity contribution < 1.29 is 13.5 Å². The molecule has 0 bridgehead atoms. The van der Waals surface area contributed by atoms with Gasteiger partial charge in [0.15, 0.2) is 0 Å². The number of benzene rings is 1. The van der Waals surface area contributed by atoms with E-state index in [1.807, 2.05) is 12.1 Å². The van der Waals surface area contributed by atoms with Gasteiger partial charge in [0.25, 0.3) is 0 Å². The van der Waals surface area contributed by atoms with E-state index in [0.717, 1.165) is 25.2 Å². The van der Waals surface area contributed by atoms with Crippen molar-refractivity contribution in [3.8, 4) is 5.75 Å². The Morgan fingerprint density at radius 2 is 1.95 bits per heavy atom. The molecular weight excluding hydrogens is 274 g/mol. The van der Waals surface area contributed by atoms with E-state index >= 15 is 0 Å². The number of rotatable bonds is 5. The van der Waals surface area contributed by atoms with E-state index in [4.69, 9.17) is 0 Å². The molecule has 2 rings (SSSR count). The number of anilines is 1. The van der Waals surface area contributed by atoms with Crippen LogP contribution < -0.4 is 15.0 Å². The Balaban J connectivity index is 2.04. The lowest BCUT2D eigenvalue weighted by atomic mass is 9.99. The lowest BCUT2D eigenvalue weighted by Gasteiger charge is -2.41. The van der Waals surface area contributed by atoms with E-state index in [-0.39, 0.29) is 5.75 Å². The normalized spacial score (nSPS) is 22.9. The molecule has 1 saturated heterocycles. The Morgan fingerprint density at radius 1 is 1.29 bits per heavy atom. The second kappa shape index (κ2) is 7.07. The Labute approximate surface area is 125 Å². The van der Waals surface area contributed by atoms with E-state index in [0.29, 0.717) is 18.0 Å². The van der Waals surface area contributed by atoms with Crippen molar-refractivity contribution in [3.05, 3.63) is 24.3 Å². The molecular formula is C16H24F2N2O. The van der Waals surface area contributed by atoms with Crippen molar-refractivity contribution in [2.75, 3.05) is 18.0 Å². The van der Waals surface area contributed by atoms with Crippen LogP contribution in [0.3, 0.4) is 0 Å². The average Bonchev–Trinajstić information content (AvgIpc) is 2.41. The molecule has 1 N–H and O–H groups in total. The first-order chi connectivity index (χ1) is 9.95. The average molecular weight is 298 g/mol. The van der Waals surface area contributed by atoms with Gasteiger partial charge in [-0.2, -0.15) is 8.78 Å². The summed E-state index contributed by atoms with van der Waals surface area (Å²) in [6.45, 7) is 5.72. The summed E-state index contributed by atoms with van der Waals surface area (Å²) in [6.07, 6.45) is 1.13. The van der Waals surface area contributed by atoms with Crippen LogP contribution in [0, 0.1) is 5.92 Å². The highest BCUT2D eigenvalue weighted by Crippen LogP contribution is 2.25. The topological polar surface area (TPSA) is 24.5 Å². The smallest absolute Gasteiger partial charge is 0.387 e. The van der Waals surface area contributed by atoms with E-state index in [1.54, 1.807) is 12.1 Å². The van der Waals surface area contributed by atoms with Crippen molar-refractivity contribution >= 4 is 5.69 Å². The predicted molar refractivity (Wildman–Crippen MR) is 81.1 cm³/mol. The number of ether oxygens (including phenoxy) is 1. The highest BCUT2D eigenvalue weighted by Gasteiger charge is 2.25. The number of halogens is 2. The van der Waals surface area contributed by atoms with Gasteiger partial charge >= 0.3 is 6.61 Å². The fraction of sp³-hybridized carbons (Fsp3) is 0.625. The third-order valence-electron chi connectivity index (χ3n) is 3.80. The maximum absolute atomic E-state index is 12.2. The molecule has 0 aromatic heterocycles. The lowest BCUT2D eigenvalue weighted by Crippen LogP contribution is -2.55. The monoisotopic (exact) mass is 298 g/mol. The van der Waals surface area contributed by atoms with Gasteiger partial charge in [0.2, 0.25) is 0 Å². The summed E-state index contributed by atoms with van der Waals surface area (Å²) in [5.41, 5.74) is 1.05. The second-order valence-electron chi connectivity index (χ2n) is 6.11. The summed E-state index contributed by atoms with van der Waals surface area (Å²) in [7, 11) is 0. The van der Waals surface area contributed by atoms with Crippen LogP contribution in [0.5, 0.6) is 5.75 Å². The minimum absolute atomic E-state index is 0.204. The van der Waals surface area contributed by atoms with Gasteiger partial charge in [0.05, 0.1) is 0 Å². The maximum Gasteiger partial charge on any atom is 0.387 e. The van der Waals surface area contributed by atoms with Crippen LogP contribution in [-0.4, -0.2) is 31.8 Å². The van der Waals surface area contributed by atoms with Crippen LogP contribution >= 0.6 is 0 Å². The van der Waals surface area contributed by atoms with Gasteiger partial charge in [-0.15, -0.1) is 0 Å². The van der Waals surface area contributed by atoms with Crippen LogP contribution in [-0.2, 0) is 0 Å². The molecule has 0 aliphatic carbocycles. The molecule has 0 saturated carbocycles. The van der Waals surface area contributed by atoms with Gasteiger partial charge in [0, 0.05) is 30.9 Å². The van der Waals surface area contributed by atoms with Crippen molar-refractivity contribution in [2.45, 2.75) is 45.9 Å². The maximum atomic E-state index is 12.2. The molecule has 3 nitrogen and oxygen atoms in total. The molecule has 1 aromatic rings. The predicted octanol–water partition coefficient (Wildman–Crippen LogP) is 3.50. The summed E-state index contributed by atoms with van der Waals surface area (Å²) in [5.74, 6) is 0.856. The van der Waals surface area contributed by atoms with Crippen molar-refractivity contribution in [1.29, 1.82) is 0 Å². The molecule has 0 spiro atoms. The van der Waals surface area contributed by atoms with Crippen LogP contribution in [0.4, 0.5) is 14.5 Å². The second-order valence-corrected chi connectivity index (χ2v) is 6.11. The molecule has 1 aliphatic rings. The van der Waals surface area contributed by atoms with Crippen LogP contribution in [0.2, 0.25) is 0 Å². The Morgan fingerprint density at radius 3 is 2.52 bits per heavy atom. The standard InChI is InChI=1S/C16H24F2N2O/c1-11(2)8-13-10-20(12(3)9-19-13)14-4-6-15(7-5-14)21-16(17)18/h4-7,11-13,16,19H,8-10H2,1-3H3. The highest BCUT2D eigenvalue weighted by molar-refractivity contribution is 5.50. The summed E-state index contributed by atoms with van der Waals surface area (Å²) in [5, 5.41) is 3.57. The summed E-state index contributed by atoms with van der Waals surface area (Å²) in [4.78, 5) is 2.33. The number of piperazine rings is 1. The van der Waals surface area contributed by atoms with E-state index in [2.05, 4.69) is 35.7 Å². The molecule has 2 unspecified atom stereocenters. The molecule has 0 amide bonds. The quantitative estimate of drug-likeness (QED) is 0.900.